The number of carbonyl (C=O) groups excluding carboxylic acids is 1. The molecule has 0 saturated carbocycles. The van der Waals surface area contributed by atoms with Crippen molar-refractivity contribution in [1.29, 1.82) is 0 Å². The lowest BCUT2D eigenvalue weighted by molar-refractivity contribution is -0.113. The molecule has 1 aliphatic rings. The number of carbonyl (C=O) groups is 1. The highest BCUT2D eigenvalue weighted by atomic mass is 35.5. The Kier molecular flexibility index (Phi) is 8.04. The van der Waals surface area contributed by atoms with Gasteiger partial charge in [-0.25, -0.2) is 4.68 Å². The van der Waals surface area contributed by atoms with Crippen LogP contribution in [0.2, 0.25) is 5.02 Å². The standard InChI is InChI=1S/C30H30ClN5O3S/c1-17-10-13-24(18(2)14-17)33-28(37)26-19(3)32-29-34-30(40-16-20-8-6-7-9-23(20)31)35-36(29)27(26)22-12-11-21(38-4)15-25(22)39-5/h6-15,27H,16H2,1-5H3,(H,33,37)(H,32,34,35). The zero-order valence-electron chi connectivity index (χ0n) is 22.9. The number of allylic oxidation sites excluding steroid dienone is 1. The van der Waals surface area contributed by atoms with Crippen LogP contribution in [-0.4, -0.2) is 34.9 Å². The monoisotopic (exact) mass is 575 g/mol. The van der Waals surface area contributed by atoms with Crippen LogP contribution in [0.5, 0.6) is 11.5 Å². The molecule has 0 radical (unpaired) electrons. The number of amides is 1. The van der Waals surface area contributed by atoms with Gasteiger partial charge in [0.2, 0.25) is 11.1 Å². The van der Waals surface area contributed by atoms with Crippen LogP contribution >= 0.6 is 23.4 Å². The second kappa shape index (κ2) is 11.7. The van der Waals surface area contributed by atoms with Gasteiger partial charge in [-0.3, -0.25) is 4.79 Å². The summed E-state index contributed by atoms with van der Waals surface area (Å²) in [6, 6.07) is 18.6. The van der Waals surface area contributed by atoms with Crippen LogP contribution in [0.4, 0.5) is 11.6 Å². The molecular formula is C30H30ClN5O3S. The Morgan fingerprint density at radius 2 is 1.88 bits per heavy atom. The largest absolute Gasteiger partial charge is 0.497 e. The minimum absolute atomic E-state index is 0.244. The number of thioether (sulfide) groups is 1. The van der Waals surface area contributed by atoms with E-state index in [0.29, 0.717) is 44.6 Å². The summed E-state index contributed by atoms with van der Waals surface area (Å²) in [7, 11) is 3.20. The molecule has 0 spiro atoms. The van der Waals surface area contributed by atoms with Gasteiger partial charge in [0.25, 0.3) is 5.91 Å². The molecular weight excluding hydrogens is 546 g/mol. The second-order valence-electron chi connectivity index (χ2n) is 9.49. The Bertz CT molecular complexity index is 1620. The van der Waals surface area contributed by atoms with E-state index in [4.69, 9.17) is 31.2 Å². The van der Waals surface area contributed by atoms with E-state index >= 15 is 0 Å². The predicted octanol–water partition coefficient (Wildman–Crippen LogP) is 6.79. The van der Waals surface area contributed by atoms with Crippen molar-refractivity contribution in [2.75, 3.05) is 24.9 Å². The first kappa shape index (κ1) is 27.6. The van der Waals surface area contributed by atoms with Crippen LogP contribution in [0.25, 0.3) is 0 Å². The molecule has 0 saturated heterocycles. The van der Waals surface area contributed by atoms with E-state index < -0.39 is 6.04 Å². The van der Waals surface area contributed by atoms with Crippen molar-refractivity contribution < 1.29 is 14.3 Å². The smallest absolute Gasteiger partial charge is 0.255 e. The molecule has 1 amide bonds. The van der Waals surface area contributed by atoms with Gasteiger partial charge in [0.15, 0.2) is 0 Å². The Balaban J connectivity index is 1.55. The number of methoxy groups -OCH3 is 2. The maximum absolute atomic E-state index is 13.9. The average molecular weight is 576 g/mol. The lowest BCUT2D eigenvalue weighted by Crippen LogP contribution is -2.32. The van der Waals surface area contributed by atoms with Gasteiger partial charge >= 0.3 is 0 Å². The average Bonchev–Trinajstić information content (AvgIpc) is 3.35. The fourth-order valence-electron chi connectivity index (χ4n) is 4.72. The number of ether oxygens (including phenoxy) is 2. The molecule has 10 heteroatoms. The number of hydrogen-bond donors (Lipinski definition) is 2. The summed E-state index contributed by atoms with van der Waals surface area (Å²) in [5.41, 5.74) is 5.77. The number of nitrogens with zero attached hydrogens (tertiary/aromatic N) is 3. The van der Waals surface area contributed by atoms with Gasteiger partial charge in [-0.15, -0.1) is 5.10 Å². The molecule has 8 nitrogen and oxygen atoms in total. The highest BCUT2D eigenvalue weighted by molar-refractivity contribution is 7.98. The lowest BCUT2D eigenvalue weighted by atomic mass is 9.94. The number of aryl methyl sites for hydroxylation is 2. The van der Waals surface area contributed by atoms with E-state index in [9.17, 15) is 4.79 Å². The molecule has 2 heterocycles. The predicted molar refractivity (Wildman–Crippen MR) is 160 cm³/mol. The minimum atomic E-state index is -0.606. The molecule has 206 valence electrons. The van der Waals surface area contributed by atoms with Crippen molar-refractivity contribution in [2.45, 2.75) is 37.7 Å². The molecule has 0 aliphatic carbocycles. The van der Waals surface area contributed by atoms with Crippen LogP contribution in [0.1, 0.15) is 35.2 Å². The zero-order chi connectivity index (χ0) is 28.4. The van der Waals surface area contributed by atoms with E-state index in [1.807, 2.05) is 75.4 Å². The summed E-state index contributed by atoms with van der Waals surface area (Å²) in [5.74, 6) is 2.11. The Labute approximate surface area is 242 Å². The van der Waals surface area contributed by atoms with Crippen molar-refractivity contribution in [3.63, 3.8) is 0 Å². The Hall–Kier alpha value is -3.95. The first-order chi connectivity index (χ1) is 19.3. The SMILES string of the molecule is COc1ccc(C2C(C(=O)Nc3ccc(C)cc3C)=C(C)Nc3nc(SCc4ccccc4Cl)nn32)c(OC)c1. The molecule has 4 aromatic rings. The zero-order valence-corrected chi connectivity index (χ0v) is 24.5. The van der Waals surface area contributed by atoms with E-state index in [2.05, 4.69) is 10.6 Å². The highest BCUT2D eigenvalue weighted by Crippen LogP contribution is 2.41. The Morgan fingerprint density at radius 3 is 2.60 bits per heavy atom. The number of nitrogens with one attached hydrogen (secondary N) is 2. The first-order valence-electron chi connectivity index (χ1n) is 12.7. The van der Waals surface area contributed by atoms with Gasteiger partial charge in [0.05, 0.1) is 19.8 Å². The number of fused-ring (bicyclic) bond motifs is 1. The van der Waals surface area contributed by atoms with Crippen LogP contribution in [0.3, 0.4) is 0 Å². The van der Waals surface area contributed by atoms with Gasteiger partial charge in [-0.2, -0.15) is 4.98 Å². The molecule has 40 heavy (non-hydrogen) atoms. The summed E-state index contributed by atoms with van der Waals surface area (Å²) in [4.78, 5) is 18.7. The normalized spacial score (nSPS) is 14.4. The molecule has 2 N–H and O–H groups in total. The second-order valence-corrected chi connectivity index (χ2v) is 10.8. The number of benzene rings is 3. The lowest BCUT2D eigenvalue weighted by Gasteiger charge is -2.29. The van der Waals surface area contributed by atoms with Gasteiger partial charge in [-0.1, -0.05) is 59.3 Å². The van der Waals surface area contributed by atoms with Crippen LogP contribution in [0, 0.1) is 13.8 Å². The van der Waals surface area contributed by atoms with Crippen molar-refractivity contribution in [3.8, 4) is 11.5 Å². The number of rotatable bonds is 8. The minimum Gasteiger partial charge on any atom is -0.497 e. The summed E-state index contributed by atoms with van der Waals surface area (Å²) in [5, 5.41) is 12.5. The van der Waals surface area contributed by atoms with Crippen LogP contribution in [0.15, 0.2) is 77.1 Å². The van der Waals surface area contributed by atoms with Crippen LogP contribution < -0.4 is 20.1 Å². The first-order valence-corrected chi connectivity index (χ1v) is 14.1. The summed E-state index contributed by atoms with van der Waals surface area (Å²) in [6.07, 6.45) is 0. The van der Waals surface area contributed by atoms with Crippen molar-refractivity contribution in [1.82, 2.24) is 14.8 Å². The van der Waals surface area contributed by atoms with Crippen molar-refractivity contribution in [3.05, 3.63) is 99.2 Å². The van der Waals surface area contributed by atoms with Crippen LogP contribution in [-0.2, 0) is 10.5 Å². The maximum Gasteiger partial charge on any atom is 0.255 e. The molecule has 1 unspecified atom stereocenters. The van der Waals surface area contributed by atoms with Crippen molar-refractivity contribution >= 4 is 40.9 Å². The quantitative estimate of drug-likeness (QED) is 0.224. The van der Waals surface area contributed by atoms with Gasteiger partial charge < -0.3 is 20.1 Å². The van der Waals surface area contributed by atoms with E-state index in [0.717, 1.165) is 27.9 Å². The van der Waals surface area contributed by atoms with Crippen molar-refractivity contribution in [2.24, 2.45) is 0 Å². The summed E-state index contributed by atoms with van der Waals surface area (Å²) < 4.78 is 12.9. The van der Waals surface area contributed by atoms with Gasteiger partial charge in [0, 0.05) is 33.8 Å². The highest BCUT2D eigenvalue weighted by Gasteiger charge is 2.36. The third kappa shape index (κ3) is 5.52. The topological polar surface area (TPSA) is 90.3 Å². The number of halogens is 1. The molecule has 3 aromatic carbocycles. The number of hydrogen-bond acceptors (Lipinski definition) is 7. The maximum atomic E-state index is 13.9. The van der Waals surface area contributed by atoms with E-state index in [-0.39, 0.29) is 5.91 Å². The molecule has 1 aliphatic heterocycles. The van der Waals surface area contributed by atoms with Gasteiger partial charge in [-0.05, 0) is 56.2 Å². The molecule has 0 bridgehead atoms. The third-order valence-electron chi connectivity index (χ3n) is 6.76. The molecule has 5 rings (SSSR count). The molecule has 1 aromatic heterocycles. The molecule has 1 atom stereocenters. The fraction of sp³-hybridized carbons (Fsp3) is 0.233. The Morgan fingerprint density at radius 1 is 1.07 bits per heavy atom. The summed E-state index contributed by atoms with van der Waals surface area (Å²) >= 11 is 7.84. The summed E-state index contributed by atoms with van der Waals surface area (Å²) in [6.45, 7) is 5.87. The third-order valence-corrected chi connectivity index (χ3v) is 8.01. The van der Waals surface area contributed by atoms with Gasteiger partial charge in [0.1, 0.15) is 17.5 Å². The number of aromatic nitrogens is 3. The molecule has 0 fully saturated rings. The van der Waals surface area contributed by atoms with E-state index in [1.54, 1.807) is 25.0 Å². The number of anilines is 2. The fourth-order valence-corrected chi connectivity index (χ4v) is 5.83. The van der Waals surface area contributed by atoms with E-state index in [1.165, 1.54) is 11.8 Å².